The Bertz CT molecular complexity index is 1740. The van der Waals surface area contributed by atoms with Gasteiger partial charge in [0, 0.05) is 33.0 Å². The summed E-state index contributed by atoms with van der Waals surface area (Å²) in [6.07, 6.45) is 2.06. The fourth-order valence-electron chi connectivity index (χ4n) is 5.34. The van der Waals surface area contributed by atoms with Gasteiger partial charge in [0.25, 0.3) is 0 Å². The van der Waals surface area contributed by atoms with E-state index in [9.17, 15) is 0 Å². The summed E-state index contributed by atoms with van der Waals surface area (Å²) in [5.41, 5.74) is 10.2. The predicted molar refractivity (Wildman–Crippen MR) is 151 cm³/mol. The molecule has 6 aromatic rings. The van der Waals surface area contributed by atoms with Crippen LogP contribution in [-0.4, -0.2) is 4.98 Å². The molecule has 174 valence electrons. The third-order valence-electron chi connectivity index (χ3n) is 7.01. The van der Waals surface area contributed by atoms with Crippen LogP contribution >= 0.6 is 11.3 Å². The molecule has 0 unspecified atom stereocenters. The zero-order valence-electron chi connectivity index (χ0n) is 21.1. The van der Waals surface area contributed by atoms with E-state index in [1.807, 2.05) is 0 Å². The maximum atomic E-state index is 6.61. The van der Waals surface area contributed by atoms with Crippen LogP contribution in [0.25, 0.3) is 54.4 Å². The lowest BCUT2D eigenvalue weighted by Crippen LogP contribution is -2.14. The Balaban J connectivity index is 1.62. The number of pyridine rings is 1. The van der Waals surface area contributed by atoms with Gasteiger partial charge in [-0.05, 0) is 78.1 Å². The Morgan fingerprint density at radius 3 is 2.23 bits per heavy atom. The summed E-state index contributed by atoms with van der Waals surface area (Å²) in [7, 11) is 0. The number of hydrogen-bond donors (Lipinski definition) is 0. The van der Waals surface area contributed by atoms with E-state index in [1.165, 1.54) is 48.2 Å². The van der Waals surface area contributed by atoms with E-state index in [-0.39, 0.29) is 5.41 Å². The van der Waals surface area contributed by atoms with Crippen molar-refractivity contribution < 1.29 is 4.42 Å². The summed E-state index contributed by atoms with van der Waals surface area (Å²) in [6, 6.07) is 21.8. The highest BCUT2D eigenvalue weighted by molar-refractivity contribution is 7.19. The summed E-state index contributed by atoms with van der Waals surface area (Å²) < 4.78 is 7.83. The first-order valence-electron chi connectivity index (χ1n) is 12.1. The number of aryl methyl sites for hydroxylation is 3. The molecule has 0 aliphatic carbocycles. The molecule has 0 N–H and O–H groups in total. The van der Waals surface area contributed by atoms with Gasteiger partial charge in [-0.2, -0.15) is 0 Å². The second-order valence-corrected chi connectivity index (χ2v) is 11.9. The molecule has 0 saturated heterocycles. The van der Waals surface area contributed by atoms with Crippen LogP contribution in [0.1, 0.15) is 42.3 Å². The van der Waals surface area contributed by atoms with Crippen LogP contribution in [0.3, 0.4) is 0 Å². The van der Waals surface area contributed by atoms with Gasteiger partial charge in [0.2, 0.25) is 0 Å². The van der Waals surface area contributed by atoms with E-state index in [0.29, 0.717) is 0 Å². The van der Waals surface area contributed by atoms with E-state index in [2.05, 4.69) is 108 Å². The van der Waals surface area contributed by atoms with Crippen molar-refractivity contribution in [3.8, 4) is 22.4 Å². The Morgan fingerprint density at radius 1 is 0.771 bits per heavy atom. The number of fused-ring (bicyclic) bond motifs is 5. The standard InChI is InChI=1S/C32H29NOS/c1-18-9-7-10-19(2)28(18)25-17-33-27(16-26(25)32(4,5)6)24-12-8-11-22-23-14-13-21-15-20(3)35-31(21)30(23)34-29(22)24/h7-17H,1-6H3. The largest absolute Gasteiger partial charge is 0.454 e. The van der Waals surface area contributed by atoms with Gasteiger partial charge < -0.3 is 4.42 Å². The molecule has 6 rings (SSSR count). The van der Waals surface area contributed by atoms with Crippen molar-refractivity contribution in [1.29, 1.82) is 0 Å². The first-order chi connectivity index (χ1) is 16.7. The number of aromatic nitrogens is 1. The van der Waals surface area contributed by atoms with Crippen LogP contribution in [-0.2, 0) is 5.41 Å². The average Bonchev–Trinajstić information content (AvgIpc) is 3.38. The number of thiophene rings is 1. The topological polar surface area (TPSA) is 26.0 Å². The lowest BCUT2D eigenvalue weighted by atomic mass is 9.80. The number of para-hydroxylation sites is 1. The Hall–Kier alpha value is -3.43. The molecular weight excluding hydrogens is 446 g/mol. The van der Waals surface area contributed by atoms with Crippen molar-refractivity contribution >= 4 is 43.4 Å². The van der Waals surface area contributed by atoms with E-state index in [4.69, 9.17) is 9.40 Å². The zero-order chi connectivity index (χ0) is 24.5. The van der Waals surface area contributed by atoms with E-state index in [0.717, 1.165) is 27.8 Å². The molecule has 3 heterocycles. The molecule has 3 heteroatoms. The van der Waals surface area contributed by atoms with Crippen LogP contribution in [0.5, 0.6) is 0 Å². The summed E-state index contributed by atoms with van der Waals surface area (Å²) >= 11 is 1.80. The second kappa shape index (κ2) is 7.79. The van der Waals surface area contributed by atoms with Gasteiger partial charge in [-0.15, -0.1) is 11.3 Å². The molecule has 0 aliphatic heterocycles. The minimum Gasteiger partial charge on any atom is -0.454 e. The van der Waals surface area contributed by atoms with Crippen LogP contribution in [0.15, 0.2) is 71.3 Å². The molecule has 0 amide bonds. The van der Waals surface area contributed by atoms with Gasteiger partial charge in [0.05, 0.1) is 10.4 Å². The lowest BCUT2D eigenvalue weighted by molar-refractivity contribution is 0.591. The SMILES string of the molecule is Cc1cc2ccc3c4cccc(-c5cc(C(C)(C)C)c(-c6c(C)cccc6C)cn5)c4oc3c2s1. The van der Waals surface area contributed by atoms with Crippen LogP contribution < -0.4 is 0 Å². The van der Waals surface area contributed by atoms with E-state index < -0.39 is 0 Å². The molecular formula is C32H29NOS. The Labute approximate surface area is 210 Å². The molecule has 3 aromatic carbocycles. The van der Waals surface area contributed by atoms with Gasteiger partial charge in [0.1, 0.15) is 5.58 Å². The van der Waals surface area contributed by atoms with Gasteiger partial charge in [-0.3, -0.25) is 4.98 Å². The van der Waals surface area contributed by atoms with Crippen LogP contribution in [0, 0.1) is 20.8 Å². The normalized spacial score (nSPS) is 12.3. The lowest BCUT2D eigenvalue weighted by Gasteiger charge is -2.25. The van der Waals surface area contributed by atoms with E-state index in [1.54, 1.807) is 11.3 Å². The number of rotatable bonds is 2. The first kappa shape index (κ1) is 22.1. The molecule has 0 aliphatic rings. The molecule has 3 aromatic heterocycles. The third-order valence-corrected chi connectivity index (χ3v) is 8.08. The minimum absolute atomic E-state index is 0.0375. The van der Waals surface area contributed by atoms with Crippen molar-refractivity contribution in [3.05, 3.63) is 88.4 Å². The van der Waals surface area contributed by atoms with Gasteiger partial charge in [-0.25, -0.2) is 0 Å². The quantitative estimate of drug-likeness (QED) is 0.249. The zero-order valence-corrected chi connectivity index (χ0v) is 21.9. The number of hydrogen-bond acceptors (Lipinski definition) is 3. The highest BCUT2D eigenvalue weighted by Gasteiger charge is 2.23. The highest BCUT2D eigenvalue weighted by atomic mass is 32.1. The fraction of sp³-hybridized carbons (Fsp3) is 0.219. The summed E-state index contributed by atoms with van der Waals surface area (Å²) in [6.45, 7) is 13.4. The van der Waals surface area contributed by atoms with Crippen molar-refractivity contribution in [2.75, 3.05) is 0 Å². The molecule has 0 atom stereocenters. The maximum absolute atomic E-state index is 6.61. The average molecular weight is 476 g/mol. The smallest absolute Gasteiger partial charge is 0.153 e. The molecule has 0 bridgehead atoms. The van der Waals surface area contributed by atoms with Crippen molar-refractivity contribution in [3.63, 3.8) is 0 Å². The Morgan fingerprint density at radius 2 is 1.49 bits per heavy atom. The minimum atomic E-state index is -0.0375. The fourth-order valence-corrected chi connectivity index (χ4v) is 6.34. The molecule has 0 radical (unpaired) electrons. The van der Waals surface area contributed by atoms with Crippen LogP contribution in [0.2, 0.25) is 0 Å². The first-order valence-corrected chi connectivity index (χ1v) is 13.0. The van der Waals surface area contributed by atoms with Crippen molar-refractivity contribution in [2.45, 2.75) is 47.0 Å². The van der Waals surface area contributed by atoms with Gasteiger partial charge in [-0.1, -0.05) is 57.2 Å². The molecule has 35 heavy (non-hydrogen) atoms. The second-order valence-electron chi connectivity index (χ2n) is 10.6. The summed E-state index contributed by atoms with van der Waals surface area (Å²) in [5.74, 6) is 0. The highest BCUT2D eigenvalue weighted by Crippen LogP contribution is 2.42. The maximum Gasteiger partial charge on any atom is 0.153 e. The predicted octanol–water partition coefficient (Wildman–Crippen LogP) is 9.75. The molecule has 0 saturated carbocycles. The monoisotopic (exact) mass is 475 g/mol. The third kappa shape index (κ3) is 3.49. The van der Waals surface area contributed by atoms with E-state index >= 15 is 0 Å². The number of nitrogens with zero attached hydrogens (tertiary/aromatic N) is 1. The van der Waals surface area contributed by atoms with Crippen molar-refractivity contribution in [1.82, 2.24) is 4.98 Å². The van der Waals surface area contributed by atoms with Crippen molar-refractivity contribution in [2.24, 2.45) is 0 Å². The molecule has 0 fully saturated rings. The molecule has 0 spiro atoms. The number of benzene rings is 3. The molecule has 2 nitrogen and oxygen atoms in total. The van der Waals surface area contributed by atoms with Crippen LogP contribution in [0.4, 0.5) is 0 Å². The number of furan rings is 1. The van der Waals surface area contributed by atoms with Gasteiger partial charge in [0.15, 0.2) is 5.58 Å². The summed E-state index contributed by atoms with van der Waals surface area (Å²) in [4.78, 5) is 6.31. The van der Waals surface area contributed by atoms with Gasteiger partial charge >= 0.3 is 0 Å². The summed E-state index contributed by atoms with van der Waals surface area (Å²) in [5, 5.41) is 3.55. The Kier molecular flexibility index (Phi) is 4.91.